The molecule has 3 rings (SSSR count). The number of hydrogen-bond acceptors (Lipinski definition) is 3. The molecule has 0 bridgehead atoms. The van der Waals surface area contributed by atoms with Gasteiger partial charge in [0, 0.05) is 16.5 Å². The van der Waals surface area contributed by atoms with E-state index < -0.39 is 0 Å². The average molecular weight is 363 g/mol. The molecular formula is C16H15BrN2OS. The van der Waals surface area contributed by atoms with Crippen molar-refractivity contribution < 1.29 is 4.42 Å². The third-order valence-electron chi connectivity index (χ3n) is 3.27. The molecule has 0 aliphatic rings. The van der Waals surface area contributed by atoms with Crippen LogP contribution >= 0.6 is 28.1 Å². The van der Waals surface area contributed by atoms with Gasteiger partial charge in [0.25, 0.3) is 0 Å². The molecule has 108 valence electrons. The lowest BCUT2D eigenvalue weighted by atomic mass is 9.92. The predicted molar refractivity (Wildman–Crippen MR) is 91.0 cm³/mol. The van der Waals surface area contributed by atoms with Gasteiger partial charge in [0.2, 0.25) is 0 Å². The molecule has 1 N–H and O–H groups in total. The molecule has 3 nitrogen and oxygen atoms in total. The van der Waals surface area contributed by atoms with E-state index >= 15 is 0 Å². The number of H-pyrrole nitrogens is 1. The van der Waals surface area contributed by atoms with Crippen LogP contribution in [0.3, 0.4) is 0 Å². The minimum atomic E-state index is -0.0733. The highest BCUT2D eigenvalue weighted by atomic mass is 79.9. The summed E-state index contributed by atoms with van der Waals surface area (Å²) < 4.78 is 7.24. The Labute approximate surface area is 136 Å². The zero-order chi connectivity index (χ0) is 15.2. The lowest BCUT2D eigenvalue weighted by molar-refractivity contribution is 0.559. The maximum Gasteiger partial charge on any atom is 0.175 e. The summed E-state index contributed by atoms with van der Waals surface area (Å²) in [4.78, 5) is 7.78. The summed E-state index contributed by atoms with van der Waals surface area (Å²) in [6.45, 7) is 6.38. The Bertz CT molecular complexity index is 841. The largest absolute Gasteiger partial charge is 0.453 e. The lowest BCUT2D eigenvalue weighted by Crippen LogP contribution is -2.15. The van der Waals surface area contributed by atoms with Crippen molar-refractivity contribution in [3.63, 3.8) is 0 Å². The molecule has 0 amide bonds. The van der Waals surface area contributed by atoms with Crippen molar-refractivity contribution in [2.45, 2.75) is 26.2 Å². The number of rotatable bonds is 1. The molecule has 3 aromatic rings. The second kappa shape index (κ2) is 5.07. The first kappa shape index (κ1) is 14.5. The molecule has 0 fully saturated rings. The molecule has 5 heteroatoms. The second-order valence-electron chi connectivity index (χ2n) is 5.98. The van der Waals surface area contributed by atoms with Crippen LogP contribution in [0.5, 0.6) is 0 Å². The second-order valence-corrected chi connectivity index (χ2v) is 7.16. The lowest BCUT2D eigenvalue weighted by Gasteiger charge is -2.20. The van der Waals surface area contributed by atoms with Crippen LogP contribution in [0.15, 0.2) is 39.2 Å². The third-order valence-corrected chi connectivity index (χ3v) is 4.60. The van der Waals surface area contributed by atoms with E-state index in [2.05, 4.69) is 46.7 Å². The van der Waals surface area contributed by atoms with E-state index in [1.807, 2.05) is 30.3 Å². The quantitative estimate of drug-likeness (QED) is 0.571. The molecule has 2 aromatic heterocycles. The topological polar surface area (TPSA) is 41.8 Å². The predicted octanol–water partition coefficient (Wildman–Crippen LogP) is 5.61. The normalized spacial score (nSPS) is 12.0. The summed E-state index contributed by atoms with van der Waals surface area (Å²) in [5.41, 5.74) is 1.78. The Hall–Kier alpha value is -1.46. The first-order chi connectivity index (χ1) is 9.86. The molecule has 0 saturated carbocycles. The van der Waals surface area contributed by atoms with E-state index in [1.54, 1.807) is 0 Å². The molecule has 0 radical (unpaired) electrons. The Morgan fingerprint density at radius 3 is 2.62 bits per heavy atom. The summed E-state index contributed by atoms with van der Waals surface area (Å²) in [6, 6.07) is 9.87. The fraction of sp³-hybridized carbons (Fsp3) is 0.250. The summed E-state index contributed by atoms with van der Waals surface area (Å²) in [6.07, 6.45) is 0. The van der Waals surface area contributed by atoms with Crippen molar-refractivity contribution >= 4 is 39.1 Å². The number of para-hydroxylation sites is 1. The van der Waals surface area contributed by atoms with Crippen LogP contribution in [0.1, 0.15) is 26.5 Å². The van der Waals surface area contributed by atoms with Crippen molar-refractivity contribution in [2.24, 2.45) is 0 Å². The molecule has 0 aliphatic heterocycles. The van der Waals surface area contributed by atoms with Gasteiger partial charge in [-0.25, -0.2) is 4.98 Å². The monoisotopic (exact) mass is 362 g/mol. The van der Waals surface area contributed by atoms with E-state index in [4.69, 9.17) is 16.6 Å². The number of benzene rings is 1. The maximum atomic E-state index is 5.86. The molecule has 0 unspecified atom stereocenters. The number of hydrogen-bond donors (Lipinski definition) is 1. The number of fused-ring (bicyclic) bond motifs is 1. The van der Waals surface area contributed by atoms with Gasteiger partial charge in [-0.2, -0.15) is 0 Å². The van der Waals surface area contributed by atoms with Crippen LogP contribution in [-0.2, 0) is 5.41 Å². The van der Waals surface area contributed by atoms with E-state index in [0.29, 0.717) is 16.2 Å². The summed E-state index contributed by atoms with van der Waals surface area (Å²) in [7, 11) is 0. The third kappa shape index (κ3) is 2.68. The Balaban J connectivity index is 2.23. The van der Waals surface area contributed by atoms with Gasteiger partial charge in [0.15, 0.2) is 11.6 Å². The van der Waals surface area contributed by atoms with Crippen molar-refractivity contribution in [1.82, 2.24) is 9.97 Å². The Morgan fingerprint density at radius 1 is 1.24 bits per heavy atom. The van der Waals surface area contributed by atoms with Crippen LogP contribution in [0.2, 0.25) is 0 Å². The van der Waals surface area contributed by atoms with Gasteiger partial charge in [0.05, 0.1) is 4.47 Å². The maximum absolute atomic E-state index is 5.86. The number of aromatic nitrogens is 2. The van der Waals surface area contributed by atoms with Crippen molar-refractivity contribution in [2.75, 3.05) is 0 Å². The van der Waals surface area contributed by atoms with E-state index in [0.717, 1.165) is 21.1 Å². The fourth-order valence-electron chi connectivity index (χ4n) is 2.19. The molecule has 21 heavy (non-hydrogen) atoms. The number of halogens is 1. The van der Waals surface area contributed by atoms with Gasteiger partial charge >= 0.3 is 0 Å². The first-order valence-electron chi connectivity index (χ1n) is 6.65. The molecular weight excluding hydrogens is 348 g/mol. The Morgan fingerprint density at radius 2 is 1.95 bits per heavy atom. The minimum absolute atomic E-state index is 0.0733. The van der Waals surface area contributed by atoms with Crippen molar-refractivity contribution in [1.29, 1.82) is 0 Å². The molecule has 0 spiro atoms. The number of nitrogens with one attached hydrogen (secondary N) is 1. The highest BCUT2D eigenvalue weighted by Crippen LogP contribution is 2.32. The van der Waals surface area contributed by atoms with E-state index in [-0.39, 0.29) is 5.41 Å². The van der Waals surface area contributed by atoms with Crippen LogP contribution in [0.4, 0.5) is 0 Å². The van der Waals surface area contributed by atoms with Gasteiger partial charge in [0.1, 0.15) is 10.2 Å². The average Bonchev–Trinajstić information content (AvgIpc) is 2.84. The van der Waals surface area contributed by atoms with Gasteiger partial charge in [-0.3, -0.25) is 0 Å². The number of furan rings is 1. The van der Waals surface area contributed by atoms with Crippen LogP contribution in [-0.4, -0.2) is 9.97 Å². The zero-order valence-corrected chi connectivity index (χ0v) is 14.4. The fourth-order valence-corrected chi connectivity index (χ4v) is 3.17. The minimum Gasteiger partial charge on any atom is -0.453 e. The van der Waals surface area contributed by atoms with Gasteiger partial charge in [-0.1, -0.05) is 51.2 Å². The van der Waals surface area contributed by atoms with Crippen LogP contribution in [0, 0.1) is 4.64 Å². The van der Waals surface area contributed by atoms with Gasteiger partial charge in [-0.05, 0) is 28.1 Å². The first-order valence-corrected chi connectivity index (χ1v) is 7.85. The molecule has 2 heterocycles. The zero-order valence-electron chi connectivity index (χ0n) is 12.0. The van der Waals surface area contributed by atoms with E-state index in [1.165, 1.54) is 0 Å². The van der Waals surface area contributed by atoms with Gasteiger partial charge in [-0.15, -0.1) is 0 Å². The van der Waals surface area contributed by atoms with Crippen molar-refractivity contribution in [3.05, 3.63) is 45.1 Å². The van der Waals surface area contributed by atoms with E-state index in [9.17, 15) is 0 Å². The summed E-state index contributed by atoms with van der Waals surface area (Å²) >= 11 is 8.89. The summed E-state index contributed by atoms with van der Waals surface area (Å²) in [5.74, 6) is 1.35. The van der Waals surface area contributed by atoms with Gasteiger partial charge < -0.3 is 9.40 Å². The Kier molecular flexibility index (Phi) is 3.50. The molecule has 0 saturated heterocycles. The number of nitrogens with zero attached hydrogens (tertiary/aromatic N) is 1. The molecule has 0 aliphatic carbocycles. The summed E-state index contributed by atoms with van der Waals surface area (Å²) in [5, 5.41) is 1.05. The number of aromatic amines is 1. The molecule has 0 atom stereocenters. The van der Waals surface area contributed by atoms with Crippen molar-refractivity contribution in [3.8, 4) is 11.6 Å². The SMILES string of the molecule is CC(C)(C)c1[nH]c(-c2cc3ccccc3o2)nc(=S)c1Br. The smallest absolute Gasteiger partial charge is 0.175 e. The van der Waals surface area contributed by atoms with Crippen LogP contribution in [0.25, 0.3) is 22.6 Å². The highest BCUT2D eigenvalue weighted by Gasteiger charge is 2.21. The highest BCUT2D eigenvalue weighted by molar-refractivity contribution is 9.10. The standard InChI is InChI=1S/C16H15BrN2OS/c1-16(2,3)13-12(17)15(21)19-14(18-13)11-8-9-6-4-5-7-10(9)20-11/h4-8H,1-3H3,(H,18,19,21). The van der Waals surface area contributed by atoms with Crippen LogP contribution < -0.4 is 0 Å². The molecule has 1 aromatic carbocycles.